The van der Waals surface area contributed by atoms with Crippen LogP contribution in [0.1, 0.15) is 21.8 Å². The average Bonchev–Trinajstić information content (AvgIpc) is 3.16. The first-order chi connectivity index (χ1) is 12.8. The van der Waals surface area contributed by atoms with E-state index >= 15 is 0 Å². The highest BCUT2D eigenvalue weighted by molar-refractivity contribution is 6.02. The maximum atomic E-state index is 13.2. The van der Waals surface area contributed by atoms with E-state index in [0.717, 1.165) is 0 Å². The molecular formula is C17H12F2N4O4. The number of amides is 1. The van der Waals surface area contributed by atoms with Crippen LogP contribution in [0, 0.1) is 13.8 Å². The highest BCUT2D eigenvalue weighted by atomic mass is 19.3. The van der Waals surface area contributed by atoms with Crippen LogP contribution in [0.15, 0.2) is 35.3 Å². The number of carbonyl (C=O) groups excluding carboxylic acids is 1. The summed E-state index contributed by atoms with van der Waals surface area (Å²) in [6.45, 7) is 3.36. The Balaban J connectivity index is 1.57. The van der Waals surface area contributed by atoms with Crippen molar-refractivity contribution in [1.29, 1.82) is 0 Å². The molecule has 0 bridgehead atoms. The highest BCUT2D eigenvalue weighted by Gasteiger charge is 2.43. The normalized spacial score (nSPS) is 14.2. The molecule has 0 saturated carbocycles. The Morgan fingerprint density at radius 2 is 1.81 bits per heavy atom. The first kappa shape index (κ1) is 16.9. The first-order valence-corrected chi connectivity index (χ1v) is 7.77. The second-order valence-corrected chi connectivity index (χ2v) is 5.79. The average molecular weight is 374 g/mol. The molecule has 0 aliphatic carbocycles. The molecular weight excluding hydrogens is 362 g/mol. The Hall–Kier alpha value is -3.56. The lowest BCUT2D eigenvalue weighted by molar-refractivity contribution is -0.286. The molecule has 0 atom stereocenters. The van der Waals surface area contributed by atoms with E-state index in [1.807, 2.05) is 0 Å². The minimum absolute atomic E-state index is 0.0412. The Labute approximate surface area is 151 Å². The smallest absolute Gasteiger partial charge is 0.438 e. The molecule has 4 rings (SSSR count). The number of benzene rings is 1. The summed E-state index contributed by atoms with van der Waals surface area (Å²) >= 11 is 0. The summed E-state index contributed by atoms with van der Waals surface area (Å²) < 4.78 is 40.3. The third kappa shape index (κ3) is 3.16. The van der Waals surface area contributed by atoms with Gasteiger partial charge in [-0.05, 0) is 31.5 Å². The van der Waals surface area contributed by atoms with Crippen molar-refractivity contribution in [3.8, 4) is 22.8 Å². The number of nitrogens with one attached hydrogen (secondary N) is 1. The van der Waals surface area contributed by atoms with Gasteiger partial charge in [0.1, 0.15) is 0 Å². The van der Waals surface area contributed by atoms with Gasteiger partial charge in [-0.2, -0.15) is 0 Å². The maximum absolute atomic E-state index is 13.2. The van der Waals surface area contributed by atoms with Gasteiger partial charge in [0, 0.05) is 5.56 Å². The predicted molar refractivity (Wildman–Crippen MR) is 87.6 cm³/mol. The largest absolute Gasteiger partial charge is 0.586 e. The molecule has 2 aromatic heterocycles. The molecule has 1 aliphatic heterocycles. The number of anilines is 1. The lowest BCUT2D eigenvalue weighted by atomic mass is 10.1. The molecule has 0 radical (unpaired) electrons. The molecule has 1 amide bonds. The number of alkyl halides is 2. The van der Waals surface area contributed by atoms with Crippen LogP contribution >= 0.6 is 0 Å². The molecule has 3 heterocycles. The van der Waals surface area contributed by atoms with Crippen LogP contribution in [0.2, 0.25) is 0 Å². The third-order valence-corrected chi connectivity index (χ3v) is 3.87. The van der Waals surface area contributed by atoms with Gasteiger partial charge >= 0.3 is 6.29 Å². The number of carbonyl (C=O) groups is 1. The number of aromatic nitrogens is 3. The summed E-state index contributed by atoms with van der Waals surface area (Å²) in [4.78, 5) is 24.3. The van der Waals surface area contributed by atoms with Crippen LogP contribution in [0.25, 0.3) is 11.3 Å². The van der Waals surface area contributed by atoms with Crippen molar-refractivity contribution in [2.45, 2.75) is 20.1 Å². The van der Waals surface area contributed by atoms with Crippen molar-refractivity contribution < 1.29 is 27.5 Å². The van der Waals surface area contributed by atoms with Crippen molar-refractivity contribution in [1.82, 2.24) is 15.0 Å². The van der Waals surface area contributed by atoms with Crippen molar-refractivity contribution in [2.75, 3.05) is 5.32 Å². The molecule has 0 unspecified atom stereocenters. The van der Waals surface area contributed by atoms with Gasteiger partial charge in [0.05, 0.1) is 23.8 Å². The monoisotopic (exact) mass is 374 g/mol. The van der Waals surface area contributed by atoms with E-state index in [2.05, 4.69) is 29.7 Å². The standard InChI is InChI=1S/C17H12F2N4O4/c1-8-3-12-13(27-17(18,19)26-12)4-10(8)11-5-21-14(6-20-11)23-16(24)15-9(2)22-7-25-15/h3-7H,1-2H3,(H,21,23,24). The number of hydrogen-bond donors (Lipinski definition) is 1. The molecule has 3 aromatic rings. The summed E-state index contributed by atoms with van der Waals surface area (Å²) in [6.07, 6.45) is 0.236. The van der Waals surface area contributed by atoms with Crippen molar-refractivity contribution in [2.24, 2.45) is 0 Å². The van der Waals surface area contributed by atoms with Gasteiger partial charge in [-0.1, -0.05) is 0 Å². The van der Waals surface area contributed by atoms with Crippen LogP contribution in [-0.4, -0.2) is 27.2 Å². The maximum Gasteiger partial charge on any atom is 0.586 e. The first-order valence-electron chi connectivity index (χ1n) is 7.77. The molecule has 0 fully saturated rings. The molecule has 0 saturated heterocycles. The zero-order valence-electron chi connectivity index (χ0n) is 14.1. The summed E-state index contributed by atoms with van der Waals surface area (Å²) in [5, 5.41) is 2.54. The van der Waals surface area contributed by atoms with Crippen LogP contribution < -0.4 is 14.8 Å². The van der Waals surface area contributed by atoms with Gasteiger partial charge in [0.15, 0.2) is 23.7 Å². The van der Waals surface area contributed by atoms with Gasteiger partial charge in [0.25, 0.3) is 5.91 Å². The van der Waals surface area contributed by atoms with E-state index in [4.69, 9.17) is 4.42 Å². The number of ether oxygens (including phenoxy) is 2. The van der Waals surface area contributed by atoms with Crippen LogP contribution in [0.4, 0.5) is 14.6 Å². The summed E-state index contributed by atoms with van der Waals surface area (Å²) in [5.74, 6) is -0.354. The lowest BCUT2D eigenvalue weighted by Gasteiger charge is -2.07. The van der Waals surface area contributed by atoms with Crippen LogP contribution in [0.3, 0.4) is 0 Å². The molecule has 1 aromatic carbocycles. The lowest BCUT2D eigenvalue weighted by Crippen LogP contribution is -2.25. The second-order valence-electron chi connectivity index (χ2n) is 5.79. The zero-order chi connectivity index (χ0) is 19.2. The number of hydrogen-bond acceptors (Lipinski definition) is 7. The molecule has 27 heavy (non-hydrogen) atoms. The van der Waals surface area contributed by atoms with E-state index in [0.29, 0.717) is 22.5 Å². The minimum atomic E-state index is -3.69. The Morgan fingerprint density at radius 3 is 2.44 bits per heavy atom. The van der Waals surface area contributed by atoms with Gasteiger partial charge in [-0.3, -0.25) is 9.78 Å². The number of aryl methyl sites for hydroxylation is 2. The zero-order valence-corrected chi connectivity index (χ0v) is 14.1. The van der Waals surface area contributed by atoms with Crippen molar-refractivity contribution in [3.05, 3.63) is 47.9 Å². The molecule has 1 N–H and O–H groups in total. The number of oxazole rings is 1. The fraction of sp³-hybridized carbons (Fsp3) is 0.176. The Kier molecular flexibility index (Phi) is 3.76. The Bertz CT molecular complexity index is 1030. The van der Waals surface area contributed by atoms with Crippen LogP contribution in [0.5, 0.6) is 11.5 Å². The summed E-state index contributed by atoms with van der Waals surface area (Å²) in [5.41, 5.74) is 2.07. The summed E-state index contributed by atoms with van der Waals surface area (Å²) in [7, 11) is 0. The van der Waals surface area contributed by atoms with Gasteiger partial charge in [0.2, 0.25) is 5.76 Å². The molecule has 138 valence electrons. The molecule has 1 aliphatic rings. The Morgan fingerprint density at radius 1 is 1.07 bits per heavy atom. The van der Waals surface area contributed by atoms with E-state index in [1.54, 1.807) is 13.8 Å². The fourth-order valence-corrected chi connectivity index (χ4v) is 2.60. The van der Waals surface area contributed by atoms with Gasteiger partial charge < -0.3 is 19.2 Å². The highest BCUT2D eigenvalue weighted by Crippen LogP contribution is 2.44. The molecule has 10 heteroatoms. The number of nitrogens with zero attached hydrogens (tertiary/aromatic N) is 3. The minimum Gasteiger partial charge on any atom is -0.438 e. The molecule has 0 spiro atoms. The SMILES string of the molecule is Cc1cc2c(cc1-c1cnc(NC(=O)c3ocnc3C)cn1)OC(F)(F)O2. The van der Waals surface area contributed by atoms with Gasteiger partial charge in [-0.25, -0.2) is 9.97 Å². The molecule has 8 nitrogen and oxygen atoms in total. The third-order valence-electron chi connectivity index (χ3n) is 3.87. The fourth-order valence-electron chi connectivity index (χ4n) is 2.60. The van der Waals surface area contributed by atoms with Crippen molar-refractivity contribution in [3.63, 3.8) is 0 Å². The van der Waals surface area contributed by atoms with Gasteiger partial charge in [-0.15, -0.1) is 8.78 Å². The van der Waals surface area contributed by atoms with E-state index in [1.165, 1.54) is 30.9 Å². The quantitative estimate of drug-likeness (QED) is 0.751. The van der Waals surface area contributed by atoms with Crippen molar-refractivity contribution >= 4 is 11.7 Å². The second kappa shape index (κ2) is 6.01. The summed E-state index contributed by atoms with van der Waals surface area (Å²) in [6, 6.07) is 2.85. The number of fused-ring (bicyclic) bond motifs is 1. The van der Waals surface area contributed by atoms with E-state index in [9.17, 15) is 13.6 Å². The van der Waals surface area contributed by atoms with E-state index in [-0.39, 0.29) is 23.1 Å². The number of halogens is 2. The topological polar surface area (TPSA) is 99.4 Å². The number of rotatable bonds is 3. The predicted octanol–water partition coefficient (Wildman–Crippen LogP) is 3.32. The van der Waals surface area contributed by atoms with E-state index < -0.39 is 12.2 Å². The van der Waals surface area contributed by atoms with Crippen LogP contribution in [-0.2, 0) is 0 Å².